The summed E-state index contributed by atoms with van der Waals surface area (Å²) in [6.45, 7) is 13.8. The van der Waals surface area contributed by atoms with Crippen molar-refractivity contribution in [1.82, 2.24) is 30.2 Å². The molecule has 37 heavy (non-hydrogen) atoms. The summed E-state index contributed by atoms with van der Waals surface area (Å²) in [7, 11) is 0. The van der Waals surface area contributed by atoms with Crippen LogP contribution in [0.25, 0.3) is 38.9 Å². The maximum absolute atomic E-state index is 5.24. The van der Waals surface area contributed by atoms with Gasteiger partial charge in [0, 0.05) is 66.7 Å². The van der Waals surface area contributed by atoms with Gasteiger partial charge in [0.15, 0.2) is 5.82 Å². The average Bonchev–Trinajstić information content (AvgIpc) is 3.73. The Labute approximate surface area is 218 Å². The second-order valence-corrected chi connectivity index (χ2v) is 9.14. The molecule has 1 saturated heterocycles. The highest BCUT2D eigenvalue weighted by atomic mass is 15.2. The van der Waals surface area contributed by atoms with Crippen molar-refractivity contribution >= 4 is 33.3 Å². The summed E-state index contributed by atoms with van der Waals surface area (Å²) >= 11 is 0. The van der Waals surface area contributed by atoms with E-state index in [4.69, 9.17) is 9.97 Å². The topological polar surface area (TPSA) is 82.6 Å². The minimum absolute atomic E-state index is 0.568. The van der Waals surface area contributed by atoms with Crippen molar-refractivity contribution in [3.8, 4) is 11.4 Å². The van der Waals surface area contributed by atoms with Gasteiger partial charge in [0.05, 0.1) is 11.7 Å². The number of allylic oxidation sites excluding steroid dienone is 5. The SMILES string of the molecule is C=C/C(=C\C=C/C)c1c[nH]c2nccc(-c3nc(N4CCNCC4)c4c(C5CC5)cncc4n3)c12.CC. The highest BCUT2D eigenvalue weighted by molar-refractivity contribution is 6.03. The zero-order valence-corrected chi connectivity index (χ0v) is 22.0. The lowest BCUT2D eigenvalue weighted by molar-refractivity contribution is 0.586. The summed E-state index contributed by atoms with van der Waals surface area (Å²) in [4.78, 5) is 25.2. The molecule has 7 nitrogen and oxygen atoms in total. The third-order valence-corrected chi connectivity index (χ3v) is 6.86. The van der Waals surface area contributed by atoms with Crippen LogP contribution >= 0.6 is 0 Å². The maximum Gasteiger partial charge on any atom is 0.163 e. The maximum atomic E-state index is 5.24. The fourth-order valence-corrected chi connectivity index (χ4v) is 4.96. The van der Waals surface area contributed by atoms with Gasteiger partial charge < -0.3 is 15.2 Å². The molecule has 5 heterocycles. The summed E-state index contributed by atoms with van der Waals surface area (Å²) < 4.78 is 0. The number of hydrogen-bond donors (Lipinski definition) is 2. The predicted octanol–water partition coefficient (Wildman–Crippen LogP) is 6.03. The molecule has 4 aromatic rings. The number of aromatic amines is 1. The molecule has 2 N–H and O–H groups in total. The van der Waals surface area contributed by atoms with Crippen LogP contribution in [0, 0.1) is 0 Å². The first kappa shape index (κ1) is 24.8. The monoisotopic (exact) mass is 493 g/mol. The molecule has 0 aromatic carbocycles. The second-order valence-electron chi connectivity index (χ2n) is 9.14. The number of nitrogens with one attached hydrogen (secondary N) is 2. The van der Waals surface area contributed by atoms with E-state index in [0.717, 1.165) is 70.6 Å². The van der Waals surface area contributed by atoms with E-state index in [2.05, 4.69) is 37.8 Å². The number of rotatable bonds is 6. The molecule has 0 spiro atoms. The summed E-state index contributed by atoms with van der Waals surface area (Å²) in [6, 6.07) is 2.01. The molecule has 6 rings (SSSR count). The van der Waals surface area contributed by atoms with Gasteiger partial charge in [-0.05, 0) is 42.9 Å². The molecule has 4 aromatic heterocycles. The lowest BCUT2D eigenvalue weighted by atomic mass is 10.0. The molecule has 1 aliphatic heterocycles. The van der Waals surface area contributed by atoms with Crippen molar-refractivity contribution in [2.24, 2.45) is 0 Å². The van der Waals surface area contributed by atoms with Crippen molar-refractivity contribution in [2.75, 3.05) is 31.1 Å². The van der Waals surface area contributed by atoms with E-state index in [1.807, 2.05) is 69.9 Å². The van der Waals surface area contributed by atoms with Crippen molar-refractivity contribution < 1.29 is 0 Å². The van der Waals surface area contributed by atoms with E-state index in [1.54, 1.807) is 0 Å². The van der Waals surface area contributed by atoms with Crippen LogP contribution in [0.1, 0.15) is 50.7 Å². The van der Waals surface area contributed by atoms with Crippen LogP contribution in [0.4, 0.5) is 5.82 Å². The van der Waals surface area contributed by atoms with Crippen LogP contribution in [0.3, 0.4) is 0 Å². The average molecular weight is 494 g/mol. The Balaban J connectivity index is 0.00000137. The van der Waals surface area contributed by atoms with Gasteiger partial charge in [0.2, 0.25) is 0 Å². The molecular formula is C30H35N7. The van der Waals surface area contributed by atoms with Gasteiger partial charge in [-0.15, -0.1) is 0 Å². The Bertz CT molecular complexity index is 1470. The fourth-order valence-electron chi connectivity index (χ4n) is 4.96. The predicted molar refractivity (Wildman–Crippen MR) is 154 cm³/mol. The number of hydrogen-bond acceptors (Lipinski definition) is 6. The van der Waals surface area contributed by atoms with Crippen LogP contribution in [-0.2, 0) is 0 Å². The Morgan fingerprint density at radius 2 is 1.92 bits per heavy atom. The first-order valence-electron chi connectivity index (χ1n) is 13.3. The van der Waals surface area contributed by atoms with E-state index in [1.165, 1.54) is 18.4 Å². The Morgan fingerprint density at radius 3 is 2.65 bits per heavy atom. The van der Waals surface area contributed by atoms with Gasteiger partial charge in [-0.25, -0.2) is 15.0 Å². The fraction of sp³-hybridized carbons (Fsp3) is 0.333. The highest BCUT2D eigenvalue weighted by Gasteiger charge is 2.29. The van der Waals surface area contributed by atoms with E-state index >= 15 is 0 Å². The van der Waals surface area contributed by atoms with Gasteiger partial charge in [0.25, 0.3) is 0 Å². The molecule has 0 unspecified atom stereocenters. The van der Waals surface area contributed by atoms with Gasteiger partial charge in [-0.3, -0.25) is 4.98 Å². The third-order valence-electron chi connectivity index (χ3n) is 6.86. The number of pyridine rings is 2. The lowest BCUT2D eigenvalue weighted by Crippen LogP contribution is -2.44. The minimum Gasteiger partial charge on any atom is -0.353 e. The number of fused-ring (bicyclic) bond motifs is 2. The molecule has 2 fully saturated rings. The van der Waals surface area contributed by atoms with Gasteiger partial charge in [-0.1, -0.05) is 44.7 Å². The summed E-state index contributed by atoms with van der Waals surface area (Å²) in [5.74, 6) is 2.29. The normalized spacial score (nSPS) is 16.3. The molecular weight excluding hydrogens is 458 g/mol. The molecule has 0 amide bonds. The van der Waals surface area contributed by atoms with E-state index in [-0.39, 0.29) is 0 Å². The van der Waals surface area contributed by atoms with Gasteiger partial charge in [-0.2, -0.15) is 0 Å². The molecule has 2 aliphatic rings. The lowest BCUT2D eigenvalue weighted by Gasteiger charge is -2.30. The summed E-state index contributed by atoms with van der Waals surface area (Å²) in [5.41, 5.74) is 6.01. The van der Waals surface area contributed by atoms with E-state index < -0.39 is 0 Å². The van der Waals surface area contributed by atoms with Crippen molar-refractivity contribution in [3.63, 3.8) is 0 Å². The second kappa shape index (κ2) is 11.0. The number of nitrogens with zero attached hydrogens (tertiary/aromatic N) is 5. The van der Waals surface area contributed by atoms with Crippen LogP contribution in [0.15, 0.2) is 61.7 Å². The number of aromatic nitrogens is 5. The van der Waals surface area contributed by atoms with Gasteiger partial charge >= 0.3 is 0 Å². The van der Waals surface area contributed by atoms with Crippen molar-refractivity contribution in [3.05, 3.63) is 72.9 Å². The number of piperazine rings is 1. The summed E-state index contributed by atoms with van der Waals surface area (Å²) in [6.07, 6.45) is 18.1. The van der Waals surface area contributed by atoms with Gasteiger partial charge in [0.1, 0.15) is 11.5 Å². The molecule has 7 heteroatoms. The molecule has 1 saturated carbocycles. The van der Waals surface area contributed by atoms with Crippen LogP contribution in [0.5, 0.6) is 0 Å². The first-order valence-corrected chi connectivity index (χ1v) is 13.3. The minimum atomic E-state index is 0.568. The molecule has 1 aliphatic carbocycles. The summed E-state index contributed by atoms with van der Waals surface area (Å²) in [5, 5.41) is 5.62. The number of anilines is 1. The Kier molecular flexibility index (Phi) is 7.42. The first-order chi connectivity index (χ1) is 18.3. The highest BCUT2D eigenvalue weighted by Crippen LogP contribution is 2.45. The third kappa shape index (κ3) is 4.79. The zero-order valence-electron chi connectivity index (χ0n) is 22.0. The van der Waals surface area contributed by atoms with Crippen molar-refractivity contribution in [2.45, 2.75) is 39.5 Å². The molecule has 190 valence electrons. The van der Waals surface area contributed by atoms with Crippen LogP contribution in [-0.4, -0.2) is 51.1 Å². The standard InChI is InChI=1S/C28H29N7.C2H6/c1-3-5-6-18(4-2)22-16-32-27-24(22)20(9-10-31-27)26-33-23-17-30-15-21(19-7-8-19)25(23)28(34-26)35-13-11-29-12-14-35;1-2/h3-6,9-10,15-17,19,29H,2,7-8,11-14H2,1H3,(H,31,32);1-2H3/b5-3-,18-6+;. The smallest absolute Gasteiger partial charge is 0.163 e. The Hall–Kier alpha value is -3.84. The zero-order chi connectivity index (χ0) is 25.8. The van der Waals surface area contributed by atoms with Crippen molar-refractivity contribution in [1.29, 1.82) is 0 Å². The quantitative estimate of drug-likeness (QED) is 0.319. The van der Waals surface area contributed by atoms with E-state index in [9.17, 15) is 0 Å². The molecule has 0 atom stereocenters. The number of H-pyrrole nitrogens is 1. The largest absolute Gasteiger partial charge is 0.353 e. The van der Waals surface area contributed by atoms with Crippen LogP contribution in [0.2, 0.25) is 0 Å². The molecule has 0 bridgehead atoms. The van der Waals surface area contributed by atoms with E-state index in [0.29, 0.717) is 11.7 Å². The Morgan fingerprint density at radius 1 is 1.11 bits per heavy atom. The van der Waals surface area contributed by atoms with Crippen LogP contribution < -0.4 is 10.2 Å². The molecule has 0 radical (unpaired) electrons.